The molecule has 0 saturated carbocycles. The lowest BCUT2D eigenvalue weighted by atomic mass is 9.84. The van der Waals surface area contributed by atoms with Crippen LogP contribution in [0.4, 0.5) is 17.7 Å². The number of anilines is 3. The summed E-state index contributed by atoms with van der Waals surface area (Å²) < 4.78 is 0. The van der Waals surface area contributed by atoms with Crippen LogP contribution in [0.15, 0.2) is 54.7 Å². The predicted molar refractivity (Wildman–Crippen MR) is 174 cm³/mol. The van der Waals surface area contributed by atoms with Gasteiger partial charge in [0.1, 0.15) is 11.0 Å². The average Bonchev–Trinajstić information content (AvgIpc) is 3.10. The summed E-state index contributed by atoms with van der Waals surface area (Å²) in [5, 5.41) is 37.5. The molecule has 4 N–H and O–H groups in total. The molecule has 1 aliphatic carbocycles. The van der Waals surface area contributed by atoms with Gasteiger partial charge in [-0.25, -0.2) is 15.0 Å². The molecule has 46 heavy (non-hydrogen) atoms. The Balaban J connectivity index is 0.000000217. The first-order valence-electron chi connectivity index (χ1n) is 15.5. The third-order valence-electron chi connectivity index (χ3n) is 7.93. The zero-order chi connectivity index (χ0) is 32.5. The van der Waals surface area contributed by atoms with Crippen LogP contribution in [0, 0.1) is 0 Å². The van der Waals surface area contributed by atoms with Crippen LogP contribution in [0.2, 0.25) is 0 Å². The van der Waals surface area contributed by atoms with Gasteiger partial charge in [0.15, 0.2) is 17.4 Å². The molecule has 1 saturated heterocycles. The molecule has 0 amide bonds. The minimum atomic E-state index is -0.0763. The van der Waals surface area contributed by atoms with Crippen LogP contribution in [0.5, 0.6) is 0 Å². The number of aliphatic hydroxyl groups is 4. The SMILES string of the molecule is O=C1c2ccccc2C(=O)c2ccccc21.OCCN(CCO)c1nc(N2CCCCC2)c2nc(N(CCO)CCO)ncc2n1. The number of hydrogen-bond acceptors (Lipinski definition) is 13. The van der Waals surface area contributed by atoms with E-state index < -0.39 is 0 Å². The molecule has 0 bridgehead atoms. The summed E-state index contributed by atoms with van der Waals surface area (Å²) in [7, 11) is 0. The summed E-state index contributed by atoms with van der Waals surface area (Å²) in [6.07, 6.45) is 4.93. The number of ketones is 2. The largest absolute Gasteiger partial charge is 0.395 e. The summed E-state index contributed by atoms with van der Waals surface area (Å²) in [5.74, 6) is 1.40. The van der Waals surface area contributed by atoms with Gasteiger partial charge in [0, 0.05) is 61.5 Å². The van der Waals surface area contributed by atoms with Crippen LogP contribution in [0.3, 0.4) is 0 Å². The molecule has 6 rings (SSSR count). The van der Waals surface area contributed by atoms with E-state index in [2.05, 4.69) is 19.9 Å². The van der Waals surface area contributed by atoms with Crippen molar-refractivity contribution in [2.24, 2.45) is 0 Å². The number of fused-ring (bicyclic) bond motifs is 3. The predicted octanol–water partition coefficient (Wildman–Crippen LogP) is 1.45. The minimum Gasteiger partial charge on any atom is -0.395 e. The standard InChI is InChI=1S/C19H31N7O4.C14H8O2/c27-10-6-25(7-11-28)18-20-14-15-16(22-18)17(24-4-2-1-3-5-24)23-19(21-15)26(8-12-29)9-13-30;15-13-9-5-1-2-6-10(9)14(16)12-8-4-3-7-11(12)13/h14,27-30H,1-13H2;1-8H. The number of nitrogens with zero attached hydrogens (tertiary/aromatic N) is 7. The molecular weight excluding hydrogens is 590 g/mol. The molecular formula is C33H39N7O6. The number of carbonyl (C=O) groups is 2. The fourth-order valence-electron chi connectivity index (χ4n) is 5.67. The molecule has 0 spiro atoms. The minimum absolute atomic E-state index is 0.0641. The molecule has 242 valence electrons. The highest BCUT2D eigenvalue weighted by molar-refractivity contribution is 6.28. The van der Waals surface area contributed by atoms with E-state index >= 15 is 0 Å². The van der Waals surface area contributed by atoms with Crippen molar-refractivity contribution >= 4 is 40.3 Å². The molecule has 1 fully saturated rings. The van der Waals surface area contributed by atoms with Gasteiger partial charge in [-0.05, 0) is 19.3 Å². The number of hydrogen-bond donors (Lipinski definition) is 4. The van der Waals surface area contributed by atoms with Gasteiger partial charge >= 0.3 is 0 Å². The maximum absolute atomic E-state index is 12.1. The third kappa shape index (κ3) is 7.12. The van der Waals surface area contributed by atoms with Crippen molar-refractivity contribution in [1.29, 1.82) is 0 Å². The van der Waals surface area contributed by atoms with Crippen LogP contribution >= 0.6 is 0 Å². The maximum atomic E-state index is 12.1. The van der Waals surface area contributed by atoms with Crippen LogP contribution in [0.25, 0.3) is 11.0 Å². The van der Waals surface area contributed by atoms with Gasteiger partial charge in [0.25, 0.3) is 0 Å². The van der Waals surface area contributed by atoms with Gasteiger partial charge in [-0.3, -0.25) is 9.59 Å². The Morgan fingerprint density at radius 3 is 1.52 bits per heavy atom. The van der Waals surface area contributed by atoms with Crippen LogP contribution in [-0.4, -0.2) is 118 Å². The first kappa shape index (κ1) is 32.8. The summed E-state index contributed by atoms with van der Waals surface area (Å²) >= 11 is 0. The van der Waals surface area contributed by atoms with E-state index in [0.717, 1.165) is 25.9 Å². The molecule has 2 aromatic carbocycles. The van der Waals surface area contributed by atoms with Crippen molar-refractivity contribution in [2.75, 3.05) is 80.4 Å². The van der Waals surface area contributed by atoms with Crippen LogP contribution in [0.1, 0.15) is 51.1 Å². The fourth-order valence-corrected chi connectivity index (χ4v) is 5.67. The summed E-state index contributed by atoms with van der Waals surface area (Å²) in [4.78, 5) is 48.3. The molecule has 0 radical (unpaired) electrons. The zero-order valence-corrected chi connectivity index (χ0v) is 25.6. The summed E-state index contributed by atoms with van der Waals surface area (Å²) in [6, 6.07) is 13.9. The number of carbonyl (C=O) groups excluding carboxylic acids is 2. The van der Waals surface area contributed by atoms with E-state index in [-0.39, 0.29) is 38.0 Å². The topological polar surface area (TPSA) is 176 Å². The second kappa shape index (κ2) is 15.6. The van der Waals surface area contributed by atoms with E-state index in [0.29, 0.717) is 77.2 Å². The van der Waals surface area contributed by atoms with Crippen molar-refractivity contribution in [3.8, 4) is 0 Å². The maximum Gasteiger partial charge on any atom is 0.228 e. The van der Waals surface area contributed by atoms with Crippen molar-refractivity contribution in [1.82, 2.24) is 19.9 Å². The third-order valence-corrected chi connectivity index (χ3v) is 7.93. The second-order valence-electron chi connectivity index (χ2n) is 10.9. The Kier molecular flexibility index (Phi) is 11.2. The van der Waals surface area contributed by atoms with E-state index in [9.17, 15) is 30.0 Å². The molecule has 4 aromatic rings. The van der Waals surface area contributed by atoms with E-state index in [1.807, 2.05) is 0 Å². The summed E-state index contributed by atoms with van der Waals surface area (Å²) in [5.41, 5.74) is 3.20. The Bertz CT molecular complexity index is 1550. The van der Waals surface area contributed by atoms with Gasteiger partial charge in [-0.15, -0.1) is 0 Å². The fraction of sp³-hybridized carbons (Fsp3) is 0.394. The smallest absolute Gasteiger partial charge is 0.228 e. The Morgan fingerprint density at radius 1 is 0.609 bits per heavy atom. The van der Waals surface area contributed by atoms with Gasteiger partial charge in [-0.1, -0.05) is 48.5 Å². The number of aliphatic hydroxyl groups excluding tert-OH is 4. The van der Waals surface area contributed by atoms with Crippen LogP contribution in [-0.2, 0) is 0 Å². The lowest BCUT2D eigenvalue weighted by Crippen LogP contribution is -2.34. The van der Waals surface area contributed by atoms with Gasteiger partial charge < -0.3 is 35.1 Å². The second-order valence-corrected chi connectivity index (χ2v) is 10.9. The lowest BCUT2D eigenvalue weighted by Gasteiger charge is -2.30. The monoisotopic (exact) mass is 629 g/mol. The first-order chi connectivity index (χ1) is 22.5. The number of piperidine rings is 1. The van der Waals surface area contributed by atoms with E-state index in [1.54, 1.807) is 64.5 Å². The highest BCUT2D eigenvalue weighted by Gasteiger charge is 2.28. The van der Waals surface area contributed by atoms with Crippen LogP contribution < -0.4 is 14.7 Å². The highest BCUT2D eigenvalue weighted by atomic mass is 16.3. The molecule has 0 atom stereocenters. The summed E-state index contributed by atoms with van der Waals surface area (Å²) in [6.45, 7) is 2.66. The molecule has 2 aromatic heterocycles. The van der Waals surface area contributed by atoms with Crippen molar-refractivity contribution in [3.05, 3.63) is 77.0 Å². The van der Waals surface area contributed by atoms with Crippen molar-refractivity contribution < 1.29 is 30.0 Å². The zero-order valence-electron chi connectivity index (χ0n) is 25.6. The first-order valence-corrected chi connectivity index (χ1v) is 15.5. The lowest BCUT2D eigenvalue weighted by molar-refractivity contribution is 0.0979. The molecule has 13 nitrogen and oxygen atoms in total. The molecule has 3 heterocycles. The molecule has 13 heteroatoms. The van der Waals surface area contributed by atoms with E-state index in [4.69, 9.17) is 4.98 Å². The normalized spacial score (nSPS) is 14.0. The Labute approximate surface area is 266 Å². The molecule has 2 aliphatic rings. The highest BCUT2D eigenvalue weighted by Crippen LogP contribution is 2.29. The number of rotatable bonds is 11. The number of benzene rings is 2. The van der Waals surface area contributed by atoms with Gasteiger partial charge in [-0.2, -0.15) is 4.98 Å². The quantitative estimate of drug-likeness (QED) is 0.165. The van der Waals surface area contributed by atoms with Crippen molar-refractivity contribution in [2.45, 2.75) is 19.3 Å². The Hall–Kier alpha value is -4.56. The number of aromatic nitrogens is 4. The molecule has 1 aliphatic heterocycles. The van der Waals surface area contributed by atoms with Gasteiger partial charge in [0.05, 0.1) is 32.6 Å². The van der Waals surface area contributed by atoms with Crippen molar-refractivity contribution in [3.63, 3.8) is 0 Å². The Morgan fingerprint density at radius 2 is 1.07 bits per heavy atom. The van der Waals surface area contributed by atoms with E-state index in [1.165, 1.54) is 6.42 Å². The molecule has 0 unspecified atom stereocenters. The average molecular weight is 630 g/mol. The van der Waals surface area contributed by atoms with Gasteiger partial charge in [0.2, 0.25) is 11.9 Å².